The molecule has 0 saturated carbocycles. The largest absolute Gasteiger partial charge is 0.508 e. The molecule has 0 bridgehead atoms. The van der Waals surface area contributed by atoms with Crippen LogP contribution in [-0.2, 0) is 35.2 Å². The minimum atomic E-state index is -1.44. The Labute approximate surface area is 229 Å². The number of carboxylic acid groups (broad SMARTS) is 2. The number of thioether (sulfide) groups is 1. The molecule has 0 aliphatic rings. The topological polar surface area (TPSA) is 251 Å². The summed E-state index contributed by atoms with van der Waals surface area (Å²) in [5.41, 5.74) is 11.8. The number of hydrogen-bond acceptors (Lipinski definition) is 9. The van der Waals surface area contributed by atoms with Crippen molar-refractivity contribution >= 4 is 47.3 Å². The van der Waals surface area contributed by atoms with Crippen LogP contribution >= 0.6 is 11.8 Å². The first kappa shape index (κ1) is 33.2. The molecule has 0 aliphatic heterocycles. The zero-order valence-corrected chi connectivity index (χ0v) is 22.2. The fourth-order valence-corrected chi connectivity index (χ4v) is 3.86. The molecule has 0 aromatic heterocycles. The number of hydrogen-bond donors (Lipinski definition) is 8. The van der Waals surface area contributed by atoms with E-state index in [0.717, 1.165) is 0 Å². The van der Waals surface area contributed by atoms with E-state index in [-0.39, 0.29) is 37.9 Å². The van der Waals surface area contributed by atoms with Gasteiger partial charge in [0.15, 0.2) is 0 Å². The van der Waals surface area contributed by atoms with Gasteiger partial charge in [0, 0.05) is 12.8 Å². The number of carbonyl (C=O) groups is 6. The molecule has 0 aliphatic carbocycles. The zero-order chi connectivity index (χ0) is 29.5. The lowest BCUT2D eigenvalue weighted by molar-refractivity contribution is -0.143. The summed E-state index contributed by atoms with van der Waals surface area (Å²) in [5, 5.41) is 34.9. The SMILES string of the molecule is CSCCC(NC(=O)C(CCC(=O)O)NC(=O)C(CCC(N)=O)NC(=O)C(N)Cc1ccc(O)cc1)C(=O)O. The maximum Gasteiger partial charge on any atom is 0.326 e. The van der Waals surface area contributed by atoms with E-state index in [2.05, 4.69) is 16.0 Å². The lowest BCUT2D eigenvalue weighted by Gasteiger charge is -2.25. The van der Waals surface area contributed by atoms with E-state index in [1.165, 1.54) is 23.9 Å². The number of rotatable bonds is 18. The number of carbonyl (C=O) groups excluding carboxylic acids is 4. The lowest BCUT2D eigenvalue weighted by atomic mass is 10.0. The number of phenols is 1. The summed E-state index contributed by atoms with van der Waals surface area (Å²) in [6.45, 7) is 0. The summed E-state index contributed by atoms with van der Waals surface area (Å²) in [5.74, 6) is -5.43. The fraction of sp³-hybridized carbons (Fsp3) is 0.500. The molecule has 0 fully saturated rings. The number of aliphatic carboxylic acids is 2. The quantitative estimate of drug-likeness (QED) is 0.103. The standard InChI is InChI=1S/C24H35N5O9S/c1-39-11-10-18(24(37)38)29-23(36)17(7-9-20(32)33)28-22(35)16(6-8-19(26)31)27-21(34)15(25)12-13-2-4-14(30)5-3-13/h2-5,15-18,30H,6-12,25H2,1H3,(H2,26,31)(H,27,34)(H,28,35)(H,29,36)(H,32,33)(H,37,38). The number of aromatic hydroxyl groups is 1. The van der Waals surface area contributed by atoms with Crippen LogP contribution in [0.4, 0.5) is 0 Å². The van der Waals surface area contributed by atoms with Crippen LogP contribution in [0.2, 0.25) is 0 Å². The van der Waals surface area contributed by atoms with Crippen molar-refractivity contribution < 1.29 is 44.1 Å². The molecule has 15 heteroatoms. The minimum absolute atomic E-state index is 0.0281. The fourth-order valence-electron chi connectivity index (χ4n) is 3.39. The molecule has 0 heterocycles. The Balaban J connectivity index is 3.02. The molecule has 10 N–H and O–H groups in total. The maximum atomic E-state index is 13.1. The first-order chi connectivity index (χ1) is 18.3. The molecule has 4 unspecified atom stereocenters. The van der Waals surface area contributed by atoms with Gasteiger partial charge in [-0.05, 0) is 55.4 Å². The Morgan fingerprint density at radius 2 is 1.33 bits per heavy atom. The van der Waals surface area contributed by atoms with Crippen LogP contribution in [0, 0.1) is 0 Å². The van der Waals surface area contributed by atoms with Crippen LogP contribution in [0.25, 0.3) is 0 Å². The molecular weight excluding hydrogens is 534 g/mol. The van der Waals surface area contributed by atoms with Crippen molar-refractivity contribution in [3.8, 4) is 5.75 Å². The summed E-state index contributed by atoms with van der Waals surface area (Å²) < 4.78 is 0. The summed E-state index contributed by atoms with van der Waals surface area (Å²) >= 11 is 1.37. The van der Waals surface area contributed by atoms with Gasteiger partial charge in [-0.3, -0.25) is 24.0 Å². The van der Waals surface area contributed by atoms with Crippen LogP contribution < -0.4 is 27.4 Å². The van der Waals surface area contributed by atoms with Gasteiger partial charge in [-0.25, -0.2) is 4.79 Å². The Hall–Kier alpha value is -3.85. The van der Waals surface area contributed by atoms with Crippen molar-refractivity contribution in [2.75, 3.05) is 12.0 Å². The number of amides is 4. The molecule has 39 heavy (non-hydrogen) atoms. The van der Waals surface area contributed by atoms with Crippen molar-refractivity contribution in [1.29, 1.82) is 0 Å². The number of nitrogens with one attached hydrogen (secondary N) is 3. The van der Waals surface area contributed by atoms with Crippen molar-refractivity contribution in [1.82, 2.24) is 16.0 Å². The molecule has 1 aromatic rings. The third kappa shape index (κ3) is 13.0. The van der Waals surface area contributed by atoms with Gasteiger partial charge in [0.1, 0.15) is 23.9 Å². The molecule has 1 aromatic carbocycles. The van der Waals surface area contributed by atoms with E-state index in [1.807, 2.05) is 0 Å². The molecule has 0 spiro atoms. The van der Waals surface area contributed by atoms with Gasteiger partial charge in [0.25, 0.3) is 0 Å². The highest BCUT2D eigenvalue weighted by atomic mass is 32.2. The van der Waals surface area contributed by atoms with Crippen molar-refractivity contribution in [3.63, 3.8) is 0 Å². The molecule has 216 valence electrons. The molecule has 4 amide bonds. The number of nitrogens with two attached hydrogens (primary N) is 2. The number of carboxylic acids is 2. The second-order valence-electron chi connectivity index (χ2n) is 8.72. The van der Waals surface area contributed by atoms with Crippen LogP contribution in [0.5, 0.6) is 5.75 Å². The van der Waals surface area contributed by atoms with Crippen LogP contribution in [0.1, 0.15) is 37.7 Å². The van der Waals surface area contributed by atoms with Gasteiger partial charge in [0.05, 0.1) is 6.04 Å². The zero-order valence-electron chi connectivity index (χ0n) is 21.4. The summed E-state index contributed by atoms with van der Waals surface area (Å²) in [6, 6.07) is 0.785. The normalized spacial score (nSPS) is 13.8. The van der Waals surface area contributed by atoms with E-state index in [0.29, 0.717) is 11.3 Å². The highest BCUT2D eigenvalue weighted by Gasteiger charge is 2.30. The summed E-state index contributed by atoms with van der Waals surface area (Å²) in [4.78, 5) is 72.6. The van der Waals surface area contributed by atoms with Gasteiger partial charge >= 0.3 is 11.9 Å². The van der Waals surface area contributed by atoms with Crippen LogP contribution in [0.15, 0.2) is 24.3 Å². The van der Waals surface area contributed by atoms with Gasteiger partial charge in [-0.1, -0.05) is 12.1 Å². The molecular formula is C24H35N5O9S. The summed E-state index contributed by atoms with van der Waals surface area (Å²) in [7, 11) is 0. The first-order valence-electron chi connectivity index (χ1n) is 12.0. The van der Waals surface area contributed by atoms with E-state index < -0.39 is 66.2 Å². The van der Waals surface area contributed by atoms with E-state index in [4.69, 9.17) is 16.6 Å². The van der Waals surface area contributed by atoms with Crippen LogP contribution in [-0.4, -0.2) is 87.1 Å². The van der Waals surface area contributed by atoms with Gasteiger partial charge in [-0.2, -0.15) is 11.8 Å². The van der Waals surface area contributed by atoms with E-state index >= 15 is 0 Å². The maximum absolute atomic E-state index is 13.1. The lowest BCUT2D eigenvalue weighted by Crippen LogP contribution is -2.57. The number of benzene rings is 1. The van der Waals surface area contributed by atoms with Crippen molar-refractivity contribution in [2.45, 2.75) is 62.7 Å². The second kappa shape index (κ2) is 16.9. The Kier molecular flexibility index (Phi) is 14.4. The minimum Gasteiger partial charge on any atom is -0.508 e. The Morgan fingerprint density at radius 3 is 1.82 bits per heavy atom. The van der Waals surface area contributed by atoms with Gasteiger partial charge < -0.3 is 42.7 Å². The average Bonchev–Trinajstić information content (AvgIpc) is 2.87. The summed E-state index contributed by atoms with van der Waals surface area (Å²) in [6.07, 6.45) is 0.499. The van der Waals surface area contributed by atoms with Crippen LogP contribution in [0.3, 0.4) is 0 Å². The monoisotopic (exact) mass is 569 g/mol. The molecule has 0 saturated heterocycles. The third-order valence-corrected chi connectivity index (χ3v) is 6.19. The predicted octanol–water partition coefficient (Wildman–Crippen LogP) is -1.32. The van der Waals surface area contributed by atoms with Gasteiger partial charge in [0.2, 0.25) is 23.6 Å². The Bertz CT molecular complexity index is 1020. The smallest absolute Gasteiger partial charge is 0.326 e. The van der Waals surface area contributed by atoms with Crippen molar-refractivity contribution in [3.05, 3.63) is 29.8 Å². The molecule has 0 radical (unpaired) electrons. The third-order valence-electron chi connectivity index (χ3n) is 5.55. The second-order valence-corrected chi connectivity index (χ2v) is 9.70. The van der Waals surface area contributed by atoms with Crippen molar-refractivity contribution in [2.24, 2.45) is 11.5 Å². The molecule has 1 rings (SSSR count). The number of phenolic OH excluding ortho intramolecular Hbond substituents is 1. The average molecular weight is 570 g/mol. The molecule has 14 nitrogen and oxygen atoms in total. The Morgan fingerprint density at radius 1 is 0.821 bits per heavy atom. The van der Waals surface area contributed by atoms with E-state index in [1.54, 1.807) is 18.4 Å². The highest BCUT2D eigenvalue weighted by molar-refractivity contribution is 7.98. The van der Waals surface area contributed by atoms with E-state index in [9.17, 15) is 39.0 Å². The predicted molar refractivity (Wildman–Crippen MR) is 142 cm³/mol. The molecule has 4 atom stereocenters. The number of primary amides is 1. The first-order valence-corrected chi connectivity index (χ1v) is 13.4. The highest BCUT2D eigenvalue weighted by Crippen LogP contribution is 2.11. The van der Waals surface area contributed by atoms with Gasteiger partial charge in [-0.15, -0.1) is 0 Å².